The molecule has 29 heavy (non-hydrogen) atoms. The molecule has 3 aromatic rings. The van der Waals surface area contributed by atoms with Gasteiger partial charge >= 0.3 is 0 Å². The number of nitrogens with one attached hydrogen (secondary N) is 1. The van der Waals surface area contributed by atoms with Gasteiger partial charge in [-0.05, 0) is 42.0 Å². The first-order valence-corrected chi connectivity index (χ1v) is 9.37. The molecule has 0 atom stereocenters. The van der Waals surface area contributed by atoms with Crippen molar-refractivity contribution in [3.8, 4) is 23.0 Å². The number of hydrogen-bond donors (Lipinski definition) is 1. The maximum atomic E-state index is 13.2. The van der Waals surface area contributed by atoms with Gasteiger partial charge in [-0.3, -0.25) is 0 Å². The summed E-state index contributed by atoms with van der Waals surface area (Å²) in [7, 11) is 1.59. The fraction of sp³-hybridized carbons (Fsp3) is 0.182. The highest BCUT2D eigenvalue weighted by Gasteiger charge is 2.13. The van der Waals surface area contributed by atoms with Gasteiger partial charge in [-0.25, -0.2) is 4.39 Å². The van der Waals surface area contributed by atoms with Crippen LogP contribution in [0.3, 0.4) is 0 Å². The highest BCUT2D eigenvalue weighted by molar-refractivity contribution is 6.31. The Hall–Kier alpha value is -3.12. The summed E-state index contributed by atoms with van der Waals surface area (Å²) < 4.78 is 35.2. The molecule has 4 rings (SSSR count). The fourth-order valence-corrected chi connectivity index (χ4v) is 3.17. The smallest absolute Gasteiger partial charge is 0.231 e. The number of fused-ring (bicyclic) bond motifs is 1. The SMILES string of the molecule is COc1cc(CNc2ccc3c(c2)OCO3)ccc1OCc1ccc(F)cc1Cl. The van der Waals surface area contributed by atoms with Crippen molar-refractivity contribution in [2.24, 2.45) is 0 Å². The van der Waals surface area contributed by atoms with Crippen molar-refractivity contribution in [1.29, 1.82) is 0 Å². The summed E-state index contributed by atoms with van der Waals surface area (Å²) in [4.78, 5) is 0. The molecule has 0 amide bonds. The van der Waals surface area contributed by atoms with Gasteiger partial charge in [-0.2, -0.15) is 0 Å². The van der Waals surface area contributed by atoms with E-state index in [0.717, 1.165) is 22.7 Å². The van der Waals surface area contributed by atoms with E-state index in [-0.39, 0.29) is 19.2 Å². The number of rotatable bonds is 7. The van der Waals surface area contributed by atoms with Crippen LogP contribution in [-0.2, 0) is 13.2 Å². The van der Waals surface area contributed by atoms with E-state index in [0.29, 0.717) is 28.6 Å². The van der Waals surface area contributed by atoms with Crippen LogP contribution in [0, 0.1) is 5.82 Å². The van der Waals surface area contributed by atoms with Crippen molar-refractivity contribution in [1.82, 2.24) is 0 Å². The summed E-state index contributed by atoms with van der Waals surface area (Å²) in [6, 6.07) is 15.6. The van der Waals surface area contributed by atoms with E-state index >= 15 is 0 Å². The fourth-order valence-electron chi connectivity index (χ4n) is 2.95. The van der Waals surface area contributed by atoms with Gasteiger partial charge in [0.15, 0.2) is 23.0 Å². The third kappa shape index (κ3) is 4.49. The van der Waals surface area contributed by atoms with Crippen LogP contribution < -0.4 is 24.3 Å². The number of halogens is 2. The summed E-state index contributed by atoms with van der Waals surface area (Å²) in [6.07, 6.45) is 0. The average molecular weight is 416 g/mol. The normalized spacial score (nSPS) is 12.0. The lowest BCUT2D eigenvalue weighted by atomic mass is 10.2. The van der Waals surface area contributed by atoms with Gasteiger partial charge in [0, 0.05) is 23.9 Å². The molecule has 0 aliphatic carbocycles. The summed E-state index contributed by atoms with van der Waals surface area (Å²) in [5, 5.41) is 3.67. The van der Waals surface area contributed by atoms with E-state index in [1.54, 1.807) is 13.2 Å². The van der Waals surface area contributed by atoms with E-state index in [1.807, 2.05) is 36.4 Å². The maximum Gasteiger partial charge on any atom is 0.231 e. The summed E-state index contributed by atoms with van der Waals surface area (Å²) in [5.74, 6) is 2.29. The van der Waals surface area contributed by atoms with Crippen molar-refractivity contribution >= 4 is 17.3 Å². The molecule has 0 radical (unpaired) electrons. The minimum Gasteiger partial charge on any atom is -0.493 e. The zero-order valence-corrected chi connectivity index (χ0v) is 16.5. The Kier molecular flexibility index (Phi) is 5.62. The molecule has 150 valence electrons. The molecule has 7 heteroatoms. The van der Waals surface area contributed by atoms with Gasteiger partial charge in [-0.15, -0.1) is 0 Å². The molecule has 5 nitrogen and oxygen atoms in total. The number of hydrogen-bond acceptors (Lipinski definition) is 5. The number of methoxy groups -OCH3 is 1. The minimum absolute atomic E-state index is 0.213. The van der Waals surface area contributed by atoms with Crippen molar-refractivity contribution in [2.45, 2.75) is 13.2 Å². The molecule has 1 aliphatic heterocycles. The Morgan fingerprint density at radius 2 is 1.86 bits per heavy atom. The quantitative estimate of drug-likeness (QED) is 0.559. The zero-order chi connectivity index (χ0) is 20.2. The van der Waals surface area contributed by atoms with Gasteiger partial charge in [0.25, 0.3) is 0 Å². The average Bonchev–Trinajstić information content (AvgIpc) is 3.20. The van der Waals surface area contributed by atoms with Crippen molar-refractivity contribution in [2.75, 3.05) is 19.2 Å². The van der Waals surface area contributed by atoms with E-state index < -0.39 is 0 Å². The van der Waals surface area contributed by atoms with E-state index in [4.69, 9.17) is 30.5 Å². The molecule has 0 bridgehead atoms. The zero-order valence-electron chi connectivity index (χ0n) is 15.7. The van der Waals surface area contributed by atoms with Crippen LogP contribution in [-0.4, -0.2) is 13.9 Å². The second-order valence-corrected chi connectivity index (χ2v) is 6.84. The predicted molar refractivity (Wildman–Crippen MR) is 109 cm³/mol. The summed E-state index contributed by atoms with van der Waals surface area (Å²) in [6.45, 7) is 1.06. The van der Waals surface area contributed by atoms with Crippen LogP contribution >= 0.6 is 11.6 Å². The molecule has 0 aromatic heterocycles. The lowest BCUT2D eigenvalue weighted by molar-refractivity contribution is 0.174. The van der Waals surface area contributed by atoms with Gasteiger partial charge in [0.05, 0.1) is 12.1 Å². The van der Waals surface area contributed by atoms with E-state index in [1.165, 1.54) is 12.1 Å². The van der Waals surface area contributed by atoms with Crippen molar-refractivity contribution < 1.29 is 23.3 Å². The van der Waals surface area contributed by atoms with Crippen LogP contribution in [0.5, 0.6) is 23.0 Å². The summed E-state index contributed by atoms with van der Waals surface area (Å²) in [5.41, 5.74) is 2.65. The Morgan fingerprint density at radius 1 is 1.00 bits per heavy atom. The second kappa shape index (κ2) is 8.49. The lowest BCUT2D eigenvalue weighted by Crippen LogP contribution is -2.02. The topological polar surface area (TPSA) is 49.0 Å². The molecule has 1 N–H and O–H groups in total. The van der Waals surface area contributed by atoms with E-state index in [2.05, 4.69) is 5.32 Å². The van der Waals surface area contributed by atoms with E-state index in [9.17, 15) is 4.39 Å². The molecule has 3 aromatic carbocycles. The molecule has 0 saturated heterocycles. The van der Waals surface area contributed by atoms with Gasteiger partial charge < -0.3 is 24.3 Å². The highest BCUT2D eigenvalue weighted by atomic mass is 35.5. The monoisotopic (exact) mass is 415 g/mol. The van der Waals surface area contributed by atoms with Crippen LogP contribution in [0.4, 0.5) is 10.1 Å². The first-order valence-electron chi connectivity index (χ1n) is 8.99. The van der Waals surface area contributed by atoms with Crippen LogP contribution in [0.25, 0.3) is 0 Å². The first kappa shape index (κ1) is 19.2. The minimum atomic E-state index is -0.379. The van der Waals surface area contributed by atoms with Gasteiger partial charge in [0.2, 0.25) is 6.79 Å². The van der Waals surface area contributed by atoms with Crippen molar-refractivity contribution in [3.05, 3.63) is 76.6 Å². The van der Waals surface area contributed by atoms with Crippen molar-refractivity contribution in [3.63, 3.8) is 0 Å². The first-order chi connectivity index (χ1) is 14.1. The standard InChI is InChI=1S/C22H19ClFNO4/c1-26-21-8-14(11-25-17-5-7-20-22(10-17)29-13-28-20)2-6-19(21)27-12-15-3-4-16(24)9-18(15)23/h2-10,25H,11-13H2,1H3. The lowest BCUT2D eigenvalue weighted by Gasteiger charge is -2.14. The molecule has 1 aliphatic rings. The Morgan fingerprint density at radius 3 is 2.69 bits per heavy atom. The van der Waals surface area contributed by atoms with Gasteiger partial charge in [-0.1, -0.05) is 23.7 Å². The molecule has 0 fully saturated rings. The highest BCUT2D eigenvalue weighted by Crippen LogP contribution is 2.35. The molecule has 0 saturated carbocycles. The number of ether oxygens (including phenoxy) is 4. The molecule has 1 heterocycles. The molecule has 0 spiro atoms. The Labute approximate surface area is 172 Å². The number of benzene rings is 3. The third-order valence-electron chi connectivity index (χ3n) is 4.50. The Balaban J connectivity index is 1.41. The second-order valence-electron chi connectivity index (χ2n) is 6.43. The van der Waals surface area contributed by atoms with Crippen LogP contribution in [0.15, 0.2) is 54.6 Å². The predicted octanol–water partition coefficient (Wildman–Crippen LogP) is 5.41. The van der Waals surface area contributed by atoms with Crippen LogP contribution in [0.1, 0.15) is 11.1 Å². The molecular weight excluding hydrogens is 397 g/mol. The molecule has 0 unspecified atom stereocenters. The maximum absolute atomic E-state index is 13.2. The van der Waals surface area contributed by atoms with Crippen LogP contribution in [0.2, 0.25) is 5.02 Å². The molecular formula is C22H19ClFNO4. The number of anilines is 1. The third-order valence-corrected chi connectivity index (χ3v) is 4.85. The van der Waals surface area contributed by atoms with Gasteiger partial charge in [0.1, 0.15) is 12.4 Å². The summed E-state index contributed by atoms with van der Waals surface area (Å²) >= 11 is 6.05. The largest absolute Gasteiger partial charge is 0.493 e. The Bertz CT molecular complexity index is 1030.